The van der Waals surface area contributed by atoms with E-state index in [1.165, 1.54) is 22.8 Å². The van der Waals surface area contributed by atoms with Crippen molar-refractivity contribution in [3.05, 3.63) is 67.9 Å². The number of amides is 1. The highest BCUT2D eigenvalue weighted by atomic mass is 79.9. The van der Waals surface area contributed by atoms with Crippen molar-refractivity contribution in [1.82, 2.24) is 9.88 Å². The van der Waals surface area contributed by atoms with E-state index in [4.69, 9.17) is 9.47 Å². The molecule has 0 bridgehead atoms. The summed E-state index contributed by atoms with van der Waals surface area (Å²) in [5.74, 6) is -2.15. The van der Waals surface area contributed by atoms with Crippen LogP contribution in [0.15, 0.2) is 45.7 Å². The lowest BCUT2D eigenvalue weighted by Crippen LogP contribution is -2.40. The summed E-state index contributed by atoms with van der Waals surface area (Å²) in [7, 11) is 0. The van der Waals surface area contributed by atoms with Gasteiger partial charge in [0.05, 0.1) is 21.6 Å². The van der Waals surface area contributed by atoms with Gasteiger partial charge in [-0.05, 0) is 66.5 Å². The molecule has 0 saturated heterocycles. The largest absolute Gasteiger partial charge is 0.506 e. The topological polar surface area (TPSA) is 107 Å². The average Bonchev–Trinajstić information content (AvgIpc) is 2.80. The van der Waals surface area contributed by atoms with E-state index >= 15 is 0 Å². The average molecular weight is 583 g/mol. The van der Waals surface area contributed by atoms with Gasteiger partial charge in [-0.2, -0.15) is 13.2 Å². The van der Waals surface area contributed by atoms with Crippen molar-refractivity contribution in [1.29, 1.82) is 0 Å². The highest BCUT2D eigenvalue weighted by Gasteiger charge is 2.34. The molecular formula is C25H22BrF3N2O6. The first-order chi connectivity index (χ1) is 17.2. The zero-order valence-electron chi connectivity index (χ0n) is 19.9. The molecule has 1 aliphatic heterocycles. The number of benzene rings is 2. The number of nitrogens with zero attached hydrogens (tertiary/aromatic N) is 1. The van der Waals surface area contributed by atoms with Gasteiger partial charge in [0.15, 0.2) is 5.75 Å². The quantitative estimate of drug-likeness (QED) is 0.437. The number of nitrogens with one attached hydrogen (secondary N) is 1. The molecule has 1 unspecified atom stereocenters. The van der Waals surface area contributed by atoms with Crippen molar-refractivity contribution in [2.24, 2.45) is 0 Å². The maximum atomic E-state index is 13.6. The Morgan fingerprint density at radius 2 is 1.81 bits per heavy atom. The summed E-state index contributed by atoms with van der Waals surface area (Å²) in [5, 5.41) is 13.3. The third kappa shape index (κ3) is 5.15. The van der Waals surface area contributed by atoms with E-state index in [9.17, 15) is 32.7 Å². The molecule has 12 heteroatoms. The summed E-state index contributed by atoms with van der Waals surface area (Å²) >= 11 is 3.34. The first kappa shape index (κ1) is 26.5. The Morgan fingerprint density at radius 1 is 1.16 bits per heavy atom. The van der Waals surface area contributed by atoms with Gasteiger partial charge in [0.1, 0.15) is 30.1 Å². The van der Waals surface area contributed by atoms with Crippen LogP contribution in [0.3, 0.4) is 0 Å². The first-order valence-corrected chi connectivity index (χ1v) is 11.9. The molecule has 2 heterocycles. The number of rotatable bonds is 4. The standard InChI is InChI=1S/C25H22BrF3N2O6/c1-24(2,3)37-17(32)10-30-22(34)18-20(33)14-8-9-15(26)21-19(14)31(23(18)35)16(11-36-21)12-4-6-13(7-5-12)25(27,28)29/h4-9,16,33H,10-11H2,1-3H3,(H,30,34). The number of esters is 1. The molecule has 0 spiro atoms. The Bertz CT molecular complexity index is 1460. The number of aromatic hydroxyl groups is 1. The molecule has 3 aromatic rings. The summed E-state index contributed by atoms with van der Waals surface area (Å²) in [6, 6.07) is 6.37. The fourth-order valence-electron chi connectivity index (χ4n) is 4.07. The van der Waals surface area contributed by atoms with Gasteiger partial charge in [-0.25, -0.2) is 0 Å². The van der Waals surface area contributed by atoms with Gasteiger partial charge in [0.2, 0.25) is 0 Å². The van der Waals surface area contributed by atoms with Crippen LogP contribution in [0.4, 0.5) is 13.2 Å². The van der Waals surface area contributed by atoms with Crippen molar-refractivity contribution in [2.75, 3.05) is 13.2 Å². The van der Waals surface area contributed by atoms with E-state index in [-0.39, 0.29) is 23.3 Å². The molecule has 0 saturated carbocycles. The van der Waals surface area contributed by atoms with E-state index < -0.39 is 58.7 Å². The third-order valence-corrected chi connectivity index (χ3v) is 6.23. The molecule has 1 aromatic heterocycles. The summed E-state index contributed by atoms with van der Waals surface area (Å²) < 4.78 is 51.9. The van der Waals surface area contributed by atoms with Gasteiger partial charge in [0, 0.05) is 5.39 Å². The maximum Gasteiger partial charge on any atom is 0.416 e. The van der Waals surface area contributed by atoms with E-state index in [0.717, 1.165) is 12.1 Å². The maximum absolute atomic E-state index is 13.6. The molecule has 2 aromatic carbocycles. The summed E-state index contributed by atoms with van der Waals surface area (Å²) in [4.78, 5) is 38.7. The zero-order chi connectivity index (χ0) is 27.3. The minimum absolute atomic E-state index is 0.108. The van der Waals surface area contributed by atoms with Crippen LogP contribution in [0.5, 0.6) is 11.5 Å². The monoisotopic (exact) mass is 582 g/mol. The van der Waals surface area contributed by atoms with Crippen LogP contribution in [-0.4, -0.2) is 40.3 Å². The van der Waals surface area contributed by atoms with Crippen LogP contribution in [-0.2, 0) is 15.7 Å². The number of carbonyl (C=O) groups excluding carboxylic acids is 2. The van der Waals surface area contributed by atoms with Crippen LogP contribution >= 0.6 is 15.9 Å². The van der Waals surface area contributed by atoms with Crippen molar-refractivity contribution in [3.8, 4) is 11.5 Å². The van der Waals surface area contributed by atoms with Crippen molar-refractivity contribution >= 4 is 38.7 Å². The van der Waals surface area contributed by atoms with Crippen molar-refractivity contribution < 1.29 is 37.3 Å². The molecule has 37 heavy (non-hydrogen) atoms. The van der Waals surface area contributed by atoms with E-state index in [1.807, 2.05) is 0 Å². The van der Waals surface area contributed by atoms with Crippen molar-refractivity contribution in [2.45, 2.75) is 38.6 Å². The minimum Gasteiger partial charge on any atom is -0.506 e. The smallest absolute Gasteiger partial charge is 0.416 e. The Labute approximate surface area is 217 Å². The summed E-state index contributed by atoms with van der Waals surface area (Å²) in [6.45, 7) is 4.28. The lowest BCUT2D eigenvalue weighted by molar-refractivity contribution is -0.153. The van der Waals surface area contributed by atoms with Crippen LogP contribution < -0.4 is 15.6 Å². The molecule has 8 nitrogen and oxygen atoms in total. The van der Waals surface area contributed by atoms with E-state index in [1.54, 1.807) is 26.8 Å². The number of ether oxygens (including phenoxy) is 2. The number of alkyl halides is 3. The second kappa shape index (κ2) is 9.40. The Hall–Kier alpha value is -3.54. The minimum atomic E-state index is -4.54. The molecule has 1 atom stereocenters. The number of hydrogen-bond acceptors (Lipinski definition) is 6. The van der Waals surface area contributed by atoms with Gasteiger partial charge in [-0.15, -0.1) is 0 Å². The Kier molecular flexibility index (Phi) is 6.74. The number of carbonyl (C=O) groups is 2. The number of aromatic nitrogens is 1. The first-order valence-electron chi connectivity index (χ1n) is 11.1. The fourth-order valence-corrected chi connectivity index (χ4v) is 4.50. The molecule has 0 aliphatic carbocycles. The van der Waals surface area contributed by atoms with Gasteiger partial charge >= 0.3 is 12.1 Å². The van der Waals surface area contributed by atoms with Crippen LogP contribution in [0.2, 0.25) is 0 Å². The van der Waals surface area contributed by atoms with E-state index in [2.05, 4.69) is 21.2 Å². The molecule has 196 valence electrons. The van der Waals surface area contributed by atoms with Crippen LogP contribution in [0, 0.1) is 0 Å². The molecule has 2 N–H and O–H groups in total. The second-order valence-corrected chi connectivity index (χ2v) is 10.2. The van der Waals surface area contributed by atoms with Crippen LogP contribution in [0.1, 0.15) is 48.3 Å². The van der Waals surface area contributed by atoms with Crippen molar-refractivity contribution in [3.63, 3.8) is 0 Å². The van der Waals surface area contributed by atoms with Gasteiger partial charge in [-0.3, -0.25) is 19.0 Å². The highest BCUT2D eigenvalue weighted by Crippen LogP contribution is 2.42. The Morgan fingerprint density at radius 3 is 2.41 bits per heavy atom. The molecular weight excluding hydrogens is 561 g/mol. The molecule has 1 aliphatic rings. The predicted molar refractivity (Wildman–Crippen MR) is 131 cm³/mol. The predicted octanol–water partition coefficient (Wildman–Crippen LogP) is 4.54. The number of hydrogen-bond donors (Lipinski definition) is 2. The second-order valence-electron chi connectivity index (χ2n) is 9.39. The zero-order valence-corrected chi connectivity index (χ0v) is 21.5. The summed E-state index contributed by atoms with van der Waals surface area (Å²) in [6.07, 6.45) is -4.54. The van der Waals surface area contributed by atoms with E-state index in [0.29, 0.717) is 10.0 Å². The normalized spacial score (nSPS) is 15.3. The van der Waals surface area contributed by atoms with Crippen LogP contribution in [0.25, 0.3) is 10.9 Å². The molecule has 1 amide bonds. The number of halogens is 4. The van der Waals surface area contributed by atoms with Gasteiger partial charge in [-0.1, -0.05) is 12.1 Å². The fraction of sp³-hybridized carbons (Fsp3) is 0.320. The molecule has 0 radical (unpaired) electrons. The SMILES string of the molecule is CC(C)(C)OC(=O)CNC(=O)c1c(O)c2ccc(Br)c3c2n(c1=O)C(c1ccc(C(F)(F)F)cc1)CO3. The lowest BCUT2D eigenvalue weighted by atomic mass is 10.0. The highest BCUT2D eigenvalue weighted by molar-refractivity contribution is 9.10. The third-order valence-electron chi connectivity index (χ3n) is 5.61. The summed E-state index contributed by atoms with van der Waals surface area (Å²) in [5.41, 5.74) is -2.69. The van der Waals surface area contributed by atoms with Gasteiger partial charge < -0.3 is 19.9 Å². The molecule has 0 fully saturated rings. The number of pyridine rings is 1. The lowest BCUT2D eigenvalue weighted by Gasteiger charge is -2.30. The molecule has 4 rings (SSSR count). The van der Waals surface area contributed by atoms with Gasteiger partial charge in [0.25, 0.3) is 11.5 Å². The Balaban J connectivity index is 1.82.